The van der Waals surface area contributed by atoms with Gasteiger partial charge in [-0.3, -0.25) is 4.90 Å². The topological polar surface area (TPSA) is 56.8 Å². The van der Waals surface area contributed by atoms with E-state index in [4.69, 9.17) is 4.74 Å². The Morgan fingerprint density at radius 1 is 0.963 bits per heavy atom. The van der Waals surface area contributed by atoms with Gasteiger partial charge in [0.15, 0.2) is 0 Å². The van der Waals surface area contributed by atoms with Gasteiger partial charge in [0.2, 0.25) is 0 Å². The highest BCUT2D eigenvalue weighted by molar-refractivity contribution is 5.89. The zero-order valence-electron chi connectivity index (χ0n) is 16.1. The molecule has 1 saturated heterocycles. The molecule has 0 aliphatic carbocycles. The molecule has 6 nitrogen and oxygen atoms in total. The standard InChI is InChI=1S/C21H28N4O2/c1-24-11-13-25(14-12-24)16-18-3-7-19(8-4-18)23-21(26)22-15-17-5-9-20(27-2)10-6-17/h3-10H,11-16H2,1-2H3,(H2,22,23,26). The lowest BCUT2D eigenvalue weighted by molar-refractivity contribution is 0.148. The van der Waals surface area contributed by atoms with E-state index in [1.165, 1.54) is 5.56 Å². The third kappa shape index (κ3) is 5.98. The number of anilines is 1. The van der Waals surface area contributed by atoms with E-state index in [9.17, 15) is 4.79 Å². The number of carbonyl (C=O) groups excluding carboxylic acids is 1. The van der Waals surface area contributed by atoms with E-state index in [1.54, 1.807) is 7.11 Å². The monoisotopic (exact) mass is 368 g/mol. The molecule has 0 unspecified atom stereocenters. The van der Waals surface area contributed by atoms with Crippen LogP contribution in [0.4, 0.5) is 10.5 Å². The molecule has 144 valence electrons. The summed E-state index contributed by atoms with van der Waals surface area (Å²) in [6.07, 6.45) is 0. The average Bonchev–Trinajstić information content (AvgIpc) is 2.70. The van der Waals surface area contributed by atoms with E-state index < -0.39 is 0 Å². The van der Waals surface area contributed by atoms with Crippen LogP contribution >= 0.6 is 0 Å². The molecule has 27 heavy (non-hydrogen) atoms. The molecule has 1 fully saturated rings. The third-order valence-electron chi connectivity index (χ3n) is 4.83. The summed E-state index contributed by atoms with van der Waals surface area (Å²) >= 11 is 0. The van der Waals surface area contributed by atoms with Crippen molar-refractivity contribution in [1.29, 1.82) is 0 Å². The van der Waals surface area contributed by atoms with Gasteiger partial charge in [-0.2, -0.15) is 0 Å². The second kappa shape index (κ2) is 9.39. The van der Waals surface area contributed by atoms with Crippen LogP contribution in [0.3, 0.4) is 0 Å². The lowest BCUT2D eigenvalue weighted by atomic mass is 10.2. The molecule has 0 saturated carbocycles. The number of amides is 2. The van der Waals surface area contributed by atoms with Gasteiger partial charge in [-0.05, 0) is 42.4 Å². The first kappa shape index (κ1) is 19.2. The van der Waals surface area contributed by atoms with Crippen LogP contribution in [-0.4, -0.2) is 56.2 Å². The minimum absolute atomic E-state index is 0.211. The lowest BCUT2D eigenvalue weighted by Crippen LogP contribution is -2.43. The first-order valence-electron chi connectivity index (χ1n) is 9.30. The number of ether oxygens (including phenoxy) is 1. The maximum atomic E-state index is 12.1. The molecule has 1 heterocycles. The van der Waals surface area contributed by atoms with Crippen molar-refractivity contribution in [1.82, 2.24) is 15.1 Å². The predicted octanol–water partition coefficient (Wildman–Crippen LogP) is 2.76. The summed E-state index contributed by atoms with van der Waals surface area (Å²) in [5.41, 5.74) is 3.08. The summed E-state index contributed by atoms with van der Waals surface area (Å²) in [6, 6.07) is 15.5. The molecular formula is C21H28N4O2. The molecule has 0 spiro atoms. The smallest absolute Gasteiger partial charge is 0.319 e. The summed E-state index contributed by atoms with van der Waals surface area (Å²) in [4.78, 5) is 16.9. The number of carbonyl (C=O) groups is 1. The number of methoxy groups -OCH3 is 1. The molecule has 0 aromatic heterocycles. The fraction of sp³-hybridized carbons (Fsp3) is 0.381. The number of benzene rings is 2. The van der Waals surface area contributed by atoms with Crippen LogP contribution in [0.2, 0.25) is 0 Å². The zero-order chi connectivity index (χ0) is 19.1. The van der Waals surface area contributed by atoms with Crippen LogP contribution in [-0.2, 0) is 13.1 Å². The molecule has 2 aromatic carbocycles. The quantitative estimate of drug-likeness (QED) is 0.823. The summed E-state index contributed by atoms with van der Waals surface area (Å²) in [5, 5.41) is 5.74. The number of nitrogens with one attached hydrogen (secondary N) is 2. The van der Waals surface area contributed by atoms with E-state index in [2.05, 4.69) is 39.6 Å². The van der Waals surface area contributed by atoms with E-state index in [0.29, 0.717) is 6.54 Å². The minimum atomic E-state index is -0.211. The highest BCUT2D eigenvalue weighted by atomic mass is 16.5. The van der Waals surface area contributed by atoms with Gasteiger partial charge >= 0.3 is 6.03 Å². The predicted molar refractivity (Wildman–Crippen MR) is 108 cm³/mol. The Labute approximate surface area is 161 Å². The molecule has 6 heteroatoms. The van der Waals surface area contributed by atoms with Gasteiger partial charge in [-0.1, -0.05) is 24.3 Å². The molecule has 1 aliphatic rings. The zero-order valence-corrected chi connectivity index (χ0v) is 16.1. The van der Waals surface area contributed by atoms with Crippen LogP contribution in [0.1, 0.15) is 11.1 Å². The van der Waals surface area contributed by atoms with Crippen LogP contribution in [0.5, 0.6) is 5.75 Å². The Bertz CT molecular complexity index is 723. The maximum Gasteiger partial charge on any atom is 0.319 e. The first-order chi connectivity index (χ1) is 13.1. The number of rotatable bonds is 6. The van der Waals surface area contributed by atoms with Gasteiger partial charge in [0.05, 0.1) is 7.11 Å². The van der Waals surface area contributed by atoms with Crippen molar-refractivity contribution in [3.63, 3.8) is 0 Å². The number of likely N-dealkylation sites (N-methyl/N-ethyl adjacent to an activating group) is 1. The van der Waals surface area contributed by atoms with Gasteiger partial charge < -0.3 is 20.3 Å². The number of piperazine rings is 1. The minimum Gasteiger partial charge on any atom is -0.497 e. The van der Waals surface area contributed by atoms with Crippen molar-refractivity contribution in [2.24, 2.45) is 0 Å². The van der Waals surface area contributed by atoms with Crippen LogP contribution < -0.4 is 15.4 Å². The largest absolute Gasteiger partial charge is 0.497 e. The number of hydrogen-bond donors (Lipinski definition) is 2. The highest BCUT2D eigenvalue weighted by Gasteiger charge is 2.13. The Balaban J connectivity index is 1.43. The van der Waals surface area contributed by atoms with Crippen LogP contribution in [0.25, 0.3) is 0 Å². The molecule has 0 radical (unpaired) electrons. The van der Waals surface area contributed by atoms with Crippen LogP contribution in [0.15, 0.2) is 48.5 Å². The Morgan fingerprint density at radius 2 is 1.59 bits per heavy atom. The van der Waals surface area contributed by atoms with Crippen molar-refractivity contribution < 1.29 is 9.53 Å². The Morgan fingerprint density at radius 3 is 2.22 bits per heavy atom. The SMILES string of the molecule is COc1ccc(CNC(=O)Nc2ccc(CN3CCN(C)CC3)cc2)cc1. The molecule has 0 atom stereocenters. The molecule has 2 N–H and O–H groups in total. The third-order valence-corrected chi connectivity index (χ3v) is 4.83. The van der Waals surface area contributed by atoms with Crippen molar-refractivity contribution in [3.8, 4) is 5.75 Å². The average molecular weight is 368 g/mol. The summed E-state index contributed by atoms with van der Waals surface area (Å²) in [6.45, 7) is 5.87. The molecular weight excluding hydrogens is 340 g/mol. The second-order valence-corrected chi connectivity index (χ2v) is 6.93. The normalized spacial score (nSPS) is 15.3. The van der Waals surface area contributed by atoms with Gasteiger partial charge in [-0.25, -0.2) is 4.79 Å². The second-order valence-electron chi connectivity index (χ2n) is 6.93. The summed E-state index contributed by atoms with van der Waals surface area (Å²) < 4.78 is 5.13. The summed E-state index contributed by atoms with van der Waals surface area (Å²) in [7, 11) is 3.80. The van der Waals surface area contributed by atoms with Crippen LogP contribution in [0, 0.1) is 0 Å². The van der Waals surface area contributed by atoms with E-state index >= 15 is 0 Å². The Kier molecular flexibility index (Phi) is 6.68. The van der Waals surface area contributed by atoms with E-state index in [-0.39, 0.29) is 6.03 Å². The van der Waals surface area contributed by atoms with Gasteiger partial charge in [-0.15, -0.1) is 0 Å². The van der Waals surface area contributed by atoms with E-state index in [0.717, 1.165) is 49.7 Å². The van der Waals surface area contributed by atoms with Gasteiger partial charge in [0.25, 0.3) is 0 Å². The number of nitrogens with zero attached hydrogens (tertiary/aromatic N) is 2. The number of urea groups is 1. The summed E-state index contributed by atoms with van der Waals surface area (Å²) in [5.74, 6) is 0.805. The lowest BCUT2D eigenvalue weighted by Gasteiger charge is -2.32. The van der Waals surface area contributed by atoms with Crippen molar-refractivity contribution in [2.45, 2.75) is 13.1 Å². The molecule has 2 aromatic rings. The molecule has 0 bridgehead atoms. The van der Waals surface area contributed by atoms with Gasteiger partial charge in [0, 0.05) is 45.0 Å². The molecule has 1 aliphatic heterocycles. The molecule has 2 amide bonds. The number of hydrogen-bond acceptors (Lipinski definition) is 4. The fourth-order valence-corrected chi connectivity index (χ4v) is 3.06. The van der Waals surface area contributed by atoms with Crippen molar-refractivity contribution >= 4 is 11.7 Å². The maximum absolute atomic E-state index is 12.1. The van der Waals surface area contributed by atoms with Gasteiger partial charge in [0.1, 0.15) is 5.75 Å². The fourth-order valence-electron chi connectivity index (χ4n) is 3.06. The Hall–Kier alpha value is -2.57. The van der Waals surface area contributed by atoms with Crippen molar-refractivity contribution in [3.05, 3.63) is 59.7 Å². The molecule has 3 rings (SSSR count). The van der Waals surface area contributed by atoms with Crippen molar-refractivity contribution in [2.75, 3.05) is 45.7 Å². The van der Waals surface area contributed by atoms with E-state index in [1.807, 2.05) is 36.4 Å². The first-order valence-corrected chi connectivity index (χ1v) is 9.30. The highest BCUT2D eigenvalue weighted by Crippen LogP contribution is 2.13.